The number of methoxy groups -OCH3 is 1. The van der Waals surface area contributed by atoms with E-state index in [0.717, 1.165) is 19.0 Å². The third-order valence-corrected chi connectivity index (χ3v) is 3.52. The Labute approximate surface area is 99.1 Å². The van der Waals surface area contributed by atoms with Crippen LogP contribution in [0.5, 0.6) is 0 Å². The summed E-state index contributed by atoms with van der Waals surface area (Å²) < 4.78 is 4.66. The van der Waals surface area contributed by atoms with E-state index in [1.54, 1.807) is 0 Å². The second-order valence-electron chi connectivity index (χ2n) is 4.63. The van der Waals surface area contributed by atoms with E-state index in [0.29, 0.717) is 6.42 Å². The highest BCUT2D eigenvalue weighted by molar-refractivity contribution is 5.69. The van der Waals surface area contributed by atoms with E-state index in [1.807, 2.05) is 0 Å². The van der Waals surface area contributed by atoms with Crippen molar-refractivity contribution in [1.29, 1.82) is 0 Å². The van der Waals surface area contributed by atoms with Crippen LogP contribution in [0.1, 0.15) is 51.9 Å². The Morgan fingerprint density at radius 3 is 2.88 bits per heavy atom. The Balaban J connectivity index is 2.28. The maximum Gasteiger partial charge on any atom is 0.305 e. The number of carbonyl (C=O) groups excluding carboxylic acids is 1. The molecule has 1 aliphatic rings. The monoisotopic (exact) mass is 227 g/mol. The maximum absolute atomic E-state index is 11.0. The number of rotatable bonds is 5. The first-order valence-electron chi connectivity index (χ1n) is 6.58. The molecule has 3 nitrogen and oxygen atoms in total. The Bertz CT molecular complexity index is 206. The van der Waals surface area contributed by atoms with Gasteiger partial charge in [0, 0.05) is 12.5 Å². The molecular formula is C13H25NO2. The van der Waals surface area contributed by atoms with Gasteiger partial charge in [0.2, 0.25) is 0 Å². The van der Waals surface area contributed by atoms with E-state index >= 15 is 0 Å². The fourth-order valence-electron chi connectivity index (χ4n) is 2.52. The minimum absolute atomic E-state index is 0.0807. The number of nitrogens with zero attached hydrogens (tertiary/aromatic N) is 1. The highest BCUT2D eigenvalue weighted by atomic mass is 16.5. The van der Waals surface area contributed by atoms with Gasteiger partial charge in [0.1, 0.15) is 0 Å². The van der Waals surface area contributed by atoms with Crippen LogP contribution >= 0.6 is 0 Å². The summed E-state index contributed by atoms with van der Waals surface area (Å²) in [6, 6.07) is 0.736. The van der Waals surface area contributed by atoms with Gasteiger partial charge < -0.3 is 9.64 Å². The van der Waals surface area contributed by atoms with Crippen molar-refractivity contribution in [2.45, 2.75) is 57.9 Å². The molecule has 0 amide bonds. The fraction of sp³-hybridized carbons (Fsp3) is 0.923. The first kappa shape index (κ1) is 13.5. The van der Waals surface area contributed by atoms with Gasteiger partial charge in [-0.2, -0.15) is 0 Å². The molecule has 0 N–H and O–H groups in total. The Morgan fingerprint density at radius 1 is 1.38 bits per heavy atom. The van der Waals surface area contributed by atoms with Crippen molar-refractivity contribution in [3.05, 3.63) is 0 Å². The van der Waals surface area contributed by atoms with Crippen molar-refractivity contribution in [3.63, 3.8) is 0 Å². The molecule has 0 saturated carbocycles. The molecule has 16 heavy (non-hydrogen) atoms. The Hall–Kier alpha value is -0.570. The van der Waals surface area contributed by atoms with Crippen molar-refractivity contribution in [2.75, 3.05) is 20.2 Å². The van der Waals surface area contributed by atoms with E-state index in [4.69, 9.17) is 0 Å². The average molecular weight is 227 g/mol. The summed E-state index contributed by atoms with van der Waals surface area (Å²) in [7, 11) is 1.46. The molecule has 1 fully saturated rings. The highest BCUT2D eigenvalue weighted by Gasteiger charge is 2.18. The van der Waals surface area contributed by atoms with Crippen LogP contribution < -0.4 is 0 Å². The summed E-state index contributed by atoms with van der Waals surface area (Å²) in [6.45, 7) is 4.52. The number of ether oxygens (including phenoxy) is 1. The molecule has 3 heteroatoms. The molecule has 0 radical (unpaired) electrons. The number of likely N-dealkylation sites (tertiary alicyclic amines) is 1. The lowest BCUT2D eigenvalue weighted by molar-refractivity contribution is -0.140. The topological polar surface area (TPSA) is 29.5 Å². The summed E-state index contributed by atoms with van der Waals surface area (Å²) in [5, 5.41) is 0. The van der Waals surface area contributed by atoms with E-state index in [2.05, 4.69) is 16.6 Å². The SMILES string of the molecule is CCC1CCCCCN1CCCC(=O)OC. The lowest BCUT2D eigenvalue weighted by Crippen LogP contribution is -2.35. The van der Waals surface area contributed by atoms with Gasteiger partial charge in [0.25, 0.3) is 0 Å². The van der Waals surface area contributed by atoms with E-state index in [9.17, 15) is 4.79 Å². The third kappa shape index (κ3) is 4.52. The Morgan fingerprint density at radius 2 is 2.19 bits per heavy atom. The first-order valence-corrected chi connectivity index (χ1v) is 6.58. The molecule has 1 rings (SSSR count). The van der Waals surface area contributed by atoms with Gasteiger partial charge in [0.15, 0.2) is 0 Å². The normalized spacial score (nSPS) is 22.8. The van der Waals surface area contributed by atoms with Crippen LogP contribution in [0.2, 0.25) is 0 Å². The van der Waals surface area contributed by atoms with Gasteiger partial charge >= 0.3 is 5.97 Å². The molecule has 0 spiro atoms. The van der Waals surface area contributed by atoms with Crippen LogP contribution in [0.15, 0.2) is 0 Å². The second-order valence-corrected chi connectivity index (χ2v) is 4.63. The second kappa shape index (κ2) is 7.66. The van der Waals surface area contributed by atoms with Gasteiger partial charge in [-0.05, 0) is 38.8 Å². The van der Waals surface area contributed by atoms with Crippen molar-refractivity contribution >= 4 is 5.97 Å². The predicted molar refractivity (Wildman–Crippen MR) is 65.4 cm³/mol. The van der Waals surface area contributed by atoms with Crippen LogP contribution in [-0.2, 0) is 9.53 Å². The van der Waals surface area contributed by atoms with Gasteiger partial charge in [-0.1, -0.05) is 19.8 Å². The molecule has 1 heterocycles. The van der Waals surface area contributed by atoms with Crippen molar-refractivity contribution in [3.8, 4) is 0 Å². The summed E-state index contributed by atoms with van der Waals surface area (Å²) in [5.74, 6) is -0.0807. The first-order chi connectivity index (χ1) is 7.77. The van der Waals surface area contributed by atoms with Crippen LogP contribution in [0, 0.1) is 0 Å². The largest absolute Gasteiger partial charge is 0.469 e. The smallest absolute Gasteiger partial charge is 0.305 e. The predicted octanol–water partition coefficient (Wildman–Crippen LogP) is 2.59. The summed E-state index contributed by atoms with van der Waals surface area (Å²) in [6.07, 6.45) is 8.10. The molecular weight excluding hydrogens is 202 g/mol. The van der Waals surface area contributed by atoms with Gasteiger partial charge in [-0.25, -0.2) is 0 Å². The van der Waals surface area contributed by atoms with E-state index < -0.39 is 0 Å². The highest BCUT2D eigenvalue weighted by Crippen LogP contribution is 2.19. The maximum atomic E-state index is 11.0. The van der Waals surface area contributed by atoms with Crippen molar-refractivity contribution in [2.24, 2.45) is 0 Å². The molecule has 1 saturated heterocycles. The number of carbonyl (C=O) groups is 1. The van der Waals surface area contributed by atoms with E-state index in [1.165, 1.54) is 45.8 Å². The molecule has 0 aromatic carbocycles. The van der Waals surface area contributed by atoms with Crippen molar-refractivity contribution in [1.82, 2.24) is 4.90 Å². The zero-order chi connectivity index (χ0) is 11.8. The van der Waals surface area contributed by atoms with Crippen molar-refractivity contribution < 1.29 is 9.53 Å². The fourth-order valence-corrected chi connectivity index (χ4v) is 2.52. The van der Waals surface area contributed by atoms with E-state index in [-0.39, 0.29) is 5.97 Å². The lowest BCUT2D eigenvalue weighted by Gasteiger charge is -2.28. The standard InChI is InChI=1S/C13H25NO2/c1-3-12-8-5-4-6-10-14(12)11-7-9-13(15)16-2/h12H,3-11H2,1-2H3. The molecule has 0 aliphatic carbocycles. The average Bonchev–Trinajstić information content (AvgIpc) is 2.53. The molecule has 94 valence electrons. The molecule has 0 aromatic heterocycles. The number of hydrogen-bond donors (Lipinski definition) is 0. The molecule has 0 aromatic rings. The zero-order valence-corrected chi connectivity index (χ0v) is 10.7. The molecule has 1 aliphatic heterocycles. The minimum Gasteiger partial charge on any atom is -0.469 e. The quantitative estimate of drug-likeness (QED) is 0.676. The summed E-state index contributed by atoms with van der Waals surface area (Å²) in [5.41, 5.74) is 0. The van der Waals surface area contributed by atoms with Crippen LogP contribution in [-0.4, -0.2) is 37.1 Å². The van der Waals surface area contributed by atoms with Gasteiger partial charge in [-0.15, -0.1) is 0 Å². The van der Waals surface area contributed by atoms with Crippen LogP contribution in [0.25, 0.3) is 0 Å². The lowest BCUT2D eigenvalue weighted by atomic mass is 10.1. The van der Waals surface area contributed by atoms with Crippen LogP contribution in [0.3, 0.4) is 0 Å². The molecule has 1 unspecified atom stereocenters. The zero-order valence-electron chi connectivity index (χ0n) is 10.7. The third-order valence-electron chi connectivity index (χ3n) is 3.52. The minimum atomic E-state index is -0.0807. The molecule has 0 bridgehead atoms. The number of hydrogen-bond acceptors (Lipinski definition) is 3. The Kier molecular flexibility index (Phi) is 6.46. The van der Waals surface area contributed by atoms with Crippen LogP contribution in [0.4, 0.5) is 0 Å². The van der Waals surface area contributed by atoms with Gasteiger partial charge in [-0.3, -0.25) is 4.79 Å². The van der Waals surface area contributed by atoms with Gasteiger partial charge in [0.05, 0.1) is 7.11 Å². The summed E-state index contributed by atoms with van der Waals surface area (Å²) >= 11 is 0. The molecule has 1 atom stereocenters. The number of esters is 1. The summed E-state index contributed by atoms with van der Waals surface area (Å²) in [4.78, 5) is 13.6.